The van der Waals surface area contributed by atoms with E-state index in [9.17, 15) is 9.59 Å². The number of aromatic amines is 1. The largest absolute Gasteiger partial charge is 0.348 e. The van der Waals surface area contributed by atoms with Crippen molar-refractivity contribution in [3.05, 3.63) is 53.6 Å². The normalized spacial score (nSPS) is 17.3. The summed E-state index contributed by atoms with van der Waals surface area (Å²) in [4.78, 5) is 33.0. The second kappa shape index (κ2) is 7.29. The lowest BCUT2D eigenvalue weighted by Crippen LogP contribution is -2.37. The highest BCUT2D eigenvalue weighted by Gasteiger charge is 2.30. The van der Waals surface area contributed by atoms with Crippen LogP contribution in [0.15, 0.2) is 36.7 Å². The Labute approximate surface area is 141 Å². The van der Waals surface area contributed by atoms with E-state index in [2.05, 4.69) is 27.4 Å². The Kier molecular flexibility index (Phi) is 4.93. The molecule has 1 atom stereocenters. The maximum absolute atomic E-state index is 12.2. The molecule has 0 spiro atoms. The molecule has 0 aliphatic carbocycles. The van der Waals surface area contributed by atoms with E-state index < -0.39 is 0 Å². The summed E-state index contributed by atoms with van der Waals surface area (Å²) in [5, 5.41) is 2.91. The highest BCUT2D eigenvalue weighted by Crippen LogP contribution is 2.14. The summed E-state index contributed by atoms with van der Waals surface area (Å²) < 4.78 is 0. The molecule has 2 heterocycles. The molecule has 6 heteroatoms. The zero-order valence-electron chi connectivity index (χ0n) is 13.8. The van der Waals surface area contributed by atoms with Crippen LogP contribution in [0.2, 0.25) is 0 Å². The third-order valence-corrected chi connectivity index (χ3v) is 4.33. The van der Waals surface area contributed by atoms with E-state index >= 15 is 0 Å². The van der Waals surface area contributed by atoms with Crippen molar-refractivity contribution in [3.8, 4) is 0 Å². The quantitative estimate of drug-likeness (QED) is 0.848. The fourth-order valence-electron chi connectivity index (χ4n) is 3.05. The molecule has 1 aromatic heterocycles. The molecule has 2 N–H and O–H groups in total. The zero-order valence-corrected chi connectivity index (χ0v) is 13.8. The number of aryl methyl sites for hydroxylation is 2. The van der Waals surface area contributed by atoms with E-state index in [1.165, 1.54) is 11.9 Å². The van der Waals surface area contributed by atoms with Crippen molar-refractivity contribution in [3.63, 3.8) is 0 Å². The first-order valence-corrected chi connectivity index (χ1v) is 8.26. The number of carbonyl (C=O) groups excluding carboxylic acids is 2. The van der Waals surface area contributed by atoms with Crippen molar-refractivity contribution in [1.82, 2.24) is 20.2 Å². The number of imidazole rings is 1. The number of hydrogen-bond acceptors (Lipinski definition) is 3. The van der Waals surface area contributed by atoms with E-state index in [4.69, 9.17) is 0 Å². The van der Waals surface area contributed by atoms with Crippen molar-refractivity contribution in [2.75, 3.05) is 13.1 Å². The molecule has 126 valence electrons. The van der Waals surface area contributed by atoms with Crippen LogP contribution >= 0.6 is 0 Å². The van der Waals surface area contributed by atoms with Crippen LogP contribution in [0.25, 0.3) is 0 Å². The number of H-pyrrole nitrogens is 1. The number of benzene rings is 1. The number of rotatable bonds is 6. The first kappa shape index (κ1) is 16.2. The predicted octanol–water partition coefficient (Wildman–Crippen LogP) is 1.68. The number of hydrogen-bond donors (Lipinski definition) is 2. The molecule has 2 aromatic rings. The van der Waals surface area contributed by atoms with E-state index in [-0.39, 0.29) is 17.9 Å². The van der Waals surface area contributed by atoms with Crippen LogP contribution in [0.4, 0.5) is 0 Å². The molecule has 0 bridgehead atoms. The lowest BCUT2D eigenvalue weighted by molar-refractivity contribution is -0.127. The minimum atomic E-state index is -0.224. The Balaban J connectivity index is 1.47. The third kappa shape index (κ3) is 3.82. The minimum absolute atomic E-state index is 0.104. The second-order valence-corrected chi connectivity index (χ2v) is 6.18. The van der Waals surface area contributed by atoms with Gasteiger partial charge in [0.2, 0.25) is 5.91 Å². The van der Waals surface area contributed by atoms with Gasteiger partial charge >= 0.3 is 0 Å². The van der Waals surface area contributed by atoms with Gasteiger partial charge in [-0.25, -0.2) is 4.98 Å². The predicted molar refractivity (Wildman–Crippen MR) is 90.5 cm³/mol. The number of nitrogens with one attached hydrogen (secondary N) is 2. The van der Waals surface area contributed by atoms with Gasteiger partial charge in [0.15, 0.2) is 0 Å². The summed E-state index contributed by atoms with van der Waals surface area (Å²) in [6.07, 6.45) is 3.74. The molecular formula is C18H22N4O2. The van der Waals surface area contributed by atoms with Crippen molar-refractivity contribution < 1.29 is 9.59 Å². The van der Waals surface area contributed by atoms with Gasteiger partial charge in [0, 0.05) is 25.2 Å². The van der Waals surface area contributed by atoms with Gasteiger partial charge in [0.25, 0.3) is 5.91 Å². The molecule has 1 aliphatic heterocycles. The molecule has 1 unspecified atom stereocenters. The van der Waals surface area contributed by atoms with Gasteiger partial charge in [-0.15, -0.1) is 0 Å². The fourth-order valence-corrected chi connectivity index (χ4v) is 3.05. The fraction of sp³-hybridized carbons (Fsp3) is 0.389. The van der Waals surface area contributed by atoms with Crippen LogP contribution < -0.4 is 5.32 Å². The Morgan fingerprint density at radius 3 is 2.88 bits per heavy atom. The first-order valence-electron chi connectivity index (χ1n) is 8.26. The van der Waals surface area contributed by atoms with E-state index in [1.54, 1.807) is 6.92 Å². The topological polar surface area (TPSA) is 78.1 Å². The lowest BCUT2D eigenvalue weighted by atomic mass is 10.1. The average Bonchev–Trinajstić information content (AvgIpc) is 3.14. The summed E-state index contributed by atoms with van der Waals surface area (Å²) in [6.45, 7) is 3.10. The third-order valence-electron chi connectivity index (χ3n) is 4.33. The smallest absolute Gasteiger partial charge is 0.272 e. The number of amides is 2. The molecule has 0 saturated carbocycles. The molecule has 1 fully saturated rings. The van der Waals surface area contributed by atoms with Gasteiger partial charge in [-0.3, -0.25) is 9.59 Å². The Morgan fingerprint density at radius 2 is 2.17 bits per heavy atom. The summed E-state index contributed by atoms with van der Waals surface area (Å²) in [5.74, 6) is -0.121. The van der Waals surface area contributed by atoms with Crippen molar-refractivity contribution in [1.29, 1.82) is 0 Å². The van der Waals surface area contributed by atoms with Crippen LogP contribution in [0.1, 0.15) is 34.6 Å². The molecular weight excluding hydrogens is 304 g/mol. The van der Waals surface area contributed by atoms with Crippen LogP contribution in [0.3, 0.4) is 0 Å². The molecule has 0 radical (unpaired) electrons. The van der Waals surface area contributed by atoms with E-state index in [0.29, 0.717) is 18.7 Å². The molecule has 2 amide bonds. The summed E-state index contributed by atoms with van der Waals surface area (Å²) in [5.41, 5.74) is 2.41. The Hall–Kier alpha value is -2.63. The van der Waals surface area contributed by atoms with Crippen LogP contribution in [0.5, 0.6) is 0 Å². The number of nitrogens with zero attached hydrogens (tertiary/aromatic N) is 2. The maximum atomic E-state index is 12.2. The molecule has 1 aliphatic rings. The highest BCUT2D eigenvalue weighted by atomic mass is 16.2. The zero-order chi connectivity index (χ0) is 16.9. The van der Waals surface area contributed by atoms with Crippen molar-refractivity contribution in [2.24, 2.45) is 0 Å². The summed E-state index contributed by atoms with van der Waals surface area (Å²) >= 11 is 0. The molecule has 1 saturated heterocycles. The molecule has 24 heavy (non-hydrogen) atoms. The van der Waals surface area contributed by atoms with Crippen molar-refractivity contribution >= 4 is 11.8 Å². The number of carbonyl (C=O) groups is 2. The lowest BCUT2D eigenvalue weighted by Gasteiger charge is -2.17. The summed E-state index contributed by atoms with van der Waals surface area (Å²) in [7, 11) is 0. The molecule has 1 aromatic carbocycles. The first-order chi connectivity index (χ1) is 11.6. The maximum Gasteiger partial charge on any atom is 0.272 e. The average molecular weight is 326 g/mol. The standard InChI is InChI=1S/C18H22N4O2/c1-13-17(20-12-19-13)18(24)21-15-10-16(23)22(11-15)9-5-8-14-6-3-2-4-7-14/h2-4,6-7,12,15H,5,8-11H2,1H3,(H,19,20)(H,21,24). The van der Waals surface area contributed by atoms with Gasteiger partial charge in [-0.2, -0.15) is 0 Å². The van der Waals surface area contributed by atoms with Gasteiger partial charge in [0.1, 0.15) is 5.69 Å². The van der Waals surface area contributed by atoms with Gasteiger partial charge in [0.05, 0.1) is 12.4 Å². The molecule has 6 nitrogen and oxygen atoms in total. The Morgan fingerprint density at radius 1 is 1.38 bits per heavy atom. The van der Waals surface area contributed by atoms with Gasteiger partial charge in [-0.05, 0) is 25.3 Å². The van der Waals surface area contributed by atoms with E-state index in [1.807, 2.05) is 23.1 Å². The Bertz CT molecular complexity index is 711. The van der Waals surface area contributed by atoms with Gasteiger partial charge in [-0.1, -0.05) is 30.3 Å². The summed E-state index contributed by atoms with van der Waals surface area (Å²) in [6, 6.07) is 10.1. The molecule has 3 rings (SSSR count). The van der Waals surface area contributed by atoms with Crippen LogP contribution in [-0.2, 0) is 11.2 Å². The SMILES string of the molecule is Cc1[nH]cnc1C(=O)NC1CC(=O)N(CCCc2ccccc2)C1. The highest BCUT2D eigenvalue weighted by molar-refractivity contribution is 5.94. The monoisotopic (exact) mass is 326 g/mol. The van der Waals surface area contributed by atoms with Crippen LogP contribution in [-0.4, -0.2) is 45.8 Å². The number of aromatic nitrogens is 2. The van der Waals surface area contributed by atoms with Gasteiger partial charge < -0.3 is 15.2 Å². The second-order valence-electron chi connectivity index (χ2n) is 6.18. The van der Waals surface area contributed by atoms with Crippen molar-refractivity contribution in [2.45, 2.75) is 32.2 Å². The van der Waals surface area contributed by atoms with E-state index in [0.717, 1.165) is 25.1 Å². The number of likely N-dealkylation sites (tertiary alicyclic amines) is 1. The van der Waals surface area contributed by atoms with Crippen LogP contribution in [0, 0.1) is 6.92 Å². The minimum Gasteiger partial charge on any atom is -0.348 e.